The molecule has 0 spiro atoms. The maximum atomic E-state index is 13.7. The third kappa shape index (κ3) is 4.59. The van der Waals surface area contributed by atoms with E-state index in [1.807, 2.05) is 12.1 Å². The third-order valence-electron chi connectivity index (χ3n) is 3.78. The minimum Gasteiger partial charge on any atom is -0.313 e. The Hall–Kier alpha value is -0.930. The molecule has 0 bridgehead atoms. The van der Waals surface area contributed by atoms with Crippen LogP contribution in [0.1, 0.15) is 38.2 Å². The molecule has 106 valence electrons. The molecule has 2 nitrogen and oxygen atoms in total. The van der Waals surface area contributed by atoms with Crippen molar-refractivity contribution in [2.45, 2.75) is 45.2 Å². The summed E-state index contributed by atoms with van der Waals surface area (Å²) >= 11 is 0. The standard InChI is InChI=1S/C16H25FN2/c1-2-11-19(13-15-8-5-6-10-18-15)12-14-7-3-4-9-16(14)17/h3-4,7,9,15,18H,2,5-6,8,10-13H2,1H3. The van der Waals surface area contributed by atoms with Gasteiger partial charge in [-0.25, -0.2) is 4.39 Å². The predicted molar refractivity (Wildman–Crippen MR) is 77.6 cm³/mol. The van der Waals surface area contributed by atoms with Gasteiger partial charge in [0.15, 0.2) is 0 Å². The van der Waals surface area contributed by atoms with Crippen LogP contribution in [-0.4, -0.2) is 30.6 Å². The minimum absolute atomic E-state index is 0.0831. The maximum absolute atomic E-state index is 13.7. The number of piperidine rings is 1. The van der Waals surface area contributed by atoms with Crippen molar-refractivity contribution < 1.29 is 4.39 Å². The van der Waals surface area contributed by atoms with Gasteiger partial charge in [-0.05, 0) is 38.4 Å². The van der Waals surface area contributed by atoms with Crippen molar-refractivity contribution in [3.8, 4) is 0 Å². The second-order valence-electron chi connectivity index (χ2n) is 5.47. The molecule has 1 saturated heterocycles. The Morgan fingerprint density at radius 1 is 1.32 bits per heavy atom. The lowest BCUT2D eigenvalue weighted by molar-refractivity contribution is 0.215. The van der Waals surface area contributed by atoms with Crippen molar-refractivity contribution in [3.63, 3.8) is 0 Å². The van der Waals surface area contributed by atoms with E-state index < -0.39 is 0 Å². The van der Waals surface area contributed by atoms with Gasteiger partial charge in [-0.3, -0.25) is 4.90 Å². The summed E-state index contributed by atoms with van der Waals surface area (Å²) in [6.07, 6.45) is 4.97. The first-order valence-electron chi connectivity index (χ1n) is 7.48. The van der Waals surface area contributed by atoms with Gasteiger partial charge >= 0.3 is 0 Å². The van der Waals surface area contributed by atoms with Crippen LogP contribution >= 0.6 is 0 Å². The number of rotatable bonds is 6. The second-order valence-corrected chi connectivity index (χ2v) is 5.47. The molecule has 1 aliphatic rings. The number of benzene rings is 1. The van der Waals surface area contributed by atoms with E-state index >= 15 is 0 Å². The van der Waals surface area contributed by atoms with Crippen LogP contribution in [0.15, 0.2) is 24.3 Å². The molecular formula is C16H25FN2. The van der Waals surface area contributed by atoms with E-state index in [0.717, 1.165) is 38.2 Å². The second kappa shape index (κ2) is 7.61. The summed E-state index contributed by atoms with van der Waals surface area (Å²) < 4.78 is 13.7. The lowest BCUT2D eigenvalue weighted by Gasteiger charge is -2.30. The Balaban J connectivity index is 1.93. The quantitative estimate of drug-likeness (QED) is 0.849. The molecule has 0 radical (unpaired) electrons. The summed E-state index contributed by atoms with van der Waals surface area (Å²) in [5, 5.41) is 3.57. The Morgan fingerprint density at radius 2 is 2.16 bits per heavy atom. The van der Waals surface area contributed by atoms with Crippen molar-refractivity contribution in [3.05, 3.63) is 35.6 Å². The summed E-state index contributed by atoms with van der Waals surface area (Å²) in [7, 11) is 0. The van der Waals surface area contributed by atoms with Crippen molar-refractivity contribution >= 4 is 0 Å². The average molecular weight is 264 g/mol. The molecule has 1 aromatic carbocycles. The minimum atomic E-state index is -0.0831. The summed E-state index contributed by atoms with van der Waals surface area (Å²) in [6, 6.07) is 7.70. The lowest BCUT2D eigenvalue weighted by atomic mass is 10.0. The topological polar surface area (TPSA) is 15.3 Å². The van der Waals surface area contributed by atoms with E-state index in [0.29, 0.717) is 6.04 Å². The zero-order valence-corrected chi connectivity index (χ0v) is 11.9. The monoisotopic (exact) mass is 264 g/mol. The van der Waals surface area contributed by atoms with Crippen LogP contribution in [-0.2, 0) is 6.54 Å². The zero-order chi connectivity index (χ0) is 13.5. The van der Waals surface area contributed by atoms with E-state index in [1.165, 1.54) is 19.3 Å². The predicted octanol–water partition coefficient (Wildman–Crippen LogP) is 3.18. The highest BCUT2D eigenvalue weighted by molar-refractivity contribution is 5.17. The highest BCUT2D eigenvalue weighted by Gasteiger charge is 2.17. The Labute approximate surface area is 116 Å². The summed E-state index contributed by atoms with van der Waals surface area (Å²) in [6.45, 7) is 6.10. The Bertz CT molecular complexity index is 375. The molecule has 2 rings (SSSR count). The molecule has 1 unspecified atom stereocenters. The fraction of sp³-hybridized carbons (Fsp3) is 0.625. The fourth-order valence-electron chi connectivity index (χ4n) is 2.81. The van der Waals surface area contributed by atoms with Gasteiger partial charge in [0.1, 0.15) is 5.82 Å². The Morgan fingerprint density at radius 3 is 2.84 bits per heavy atom. The molecule has 0 saturated carbocycles. The highest BCUT2D eigenvalue weighted by Crippen LogP contribution is 2.13. The molecule has 1 aromatic rings. The molecule has 1 heterocycles. The van der Waals surface area contributed by atoms with Crippen molar-refractivity contribution in [1.29, 1.82) is 0 Å². The van der Waals surface area contributed by atoms with Gasteiger partial charge < -0.3 is 5.32 Å². The first-order valence-corrected chi connectivity index (χ1v) is 7.48. The van der Waals surface area contributed by atoms with E-state index in [9.17, 15) is 4.39 Å². The number of hydrogen-bond acceptors (Lipinski definition) is 2. The van der Waals surface area contributed by atoms with E-state index in [-0.39, 0.29) is 5.82 Å². The molecule has 1 aliphatic heterocycles. The number of halogens is 1. The maximum Gasteiger partial charge on any atom is 0.127 e. The number of nitrogens with one attached hydrogen (secondary N) is 1. The molecule has 0 amide bonds. The first kappa shape index (κ1) is 14.5. The summed E-state index contributed by atoms with van der Waals surface area (Å²) in [4.78, 5) is 2.38. The van der Waals surface area contributed by atoms with Gasteiger partial charge in [-0.1, -0.05) is 31.5 Å². The third-order valence-corrected chi connectivity index (χ3v) is 3.78. The average Bonchev–Trinajstić information content (AvgIpc) is 2.43. The van der Waals surface area contributed by atoms with E-state index in [4.69, 9.17) is 0 Å². The fourth-order valence-corrected chi connectivity index (χ4v) is 2.81. The Kier molecular flexibility index (Phi) is 5.80. The molecule has 3 heteroatoms. The first-order chi connectivity index (χ1) is 9.29. The molecule has 19 heavy (non-hydrogen) atoms. The lowest BCUT2D eigenvalue weighted by Crippen LogP contribution is -2.43. The van der Waals surface area contributed by atoms with Gasteiger partial charge in [-0.2, -0.15) is 0 Å². The SMILES string of the molecule is CCCN(Cc1ccccc1F)CC1CCCCN1. The van der Waals surface area contributed by atoms with E-state index in [2.05, 4.69) is 17.1 Å². The zero-order valence-electron chi connectivity index (χ0n) is 11.9. The van der Waals surface area contributed by atoms with Crippen molar-refractivity contribution in [1.82, 2.24) is 10.2 Å². The van der Waals surface area contributed by atoms with Crippen molar-refractivity contribution in [2.75, 3.05) is 19.6 Å². The van der Waals surface area contributed by atoms with Gasteiger partial charge in [0.2, 0.25) is 0 Å². The van der Waals surface area contributed by atoms with Crippen LogP contribution in [0.4, 0.5) is 4.39 Å². The molecule has 0 aromatic heterocycles. The van der Waals surface area contributed by atoms with Gasteiger partial charge in [0, 0.05) is 24.7 Å². The van der Waals surface area contributed by atoms with Crippen LogP contribution in [0.25, 0.3) is 0 Å². The molecule has 1 N–H and O–H groups in total. The van der Waals surface area contributed by atoms with Gasteiger partial charge in [0.25, 0.3) is 0 Å². The summed E-state index contributed by atoms with van der Waals surface area (Å²) in [5.41, 5.74) is 0.812. The molecular weight excluding hydrogens is 239 g/mol. The normalized spacial score (nSPS) is 19.8. The van der Waals surface area contributed by atoms with Crippen LogP contribution in [0, 0.1) is 5.82 Å². The van der Waals surface area contributed by atoms with Crippen LogP contribution in [0.3, 0.4) is 0 Å². The smallest absolute Gasteiger partial charge is 0.127 e. The van der Waals surface area contributed by atoms with E-state index in [1.54, 1.807) is 12.1 Å². The van der Waals surface area contributed by atoms with Crippen LogP contribution in [0.5, 0.6) is 0 Å². The van der Waals surface area contributed by atoms with Crippen LogP contribution < -0.4 is 5.32 Å². The van der Waals surface area contributed by atoms with Gasteiger partial charge in [0.05, 0.1) is 0 Å². The number of nitrogens with zero attached hydrogens (tertiary/aromatic N) is 1. The number of hydrogen-bond donors (Lipinski definition) is 1. The van der Waals surface area contributed by atoms with Crippen molar-refractivity contribution in [2.24, 2.45) is 0 Å². The van der Waals surface area contributed by atoms with Crippen LogP contribution in [0.2, 0.25) is 0 Å². The highest BCUT2D eigenvalue weighted by atomic mass is 19.1. The largest absolute Gasteiger partial charge is 0.313 e. The molecule has 1 fully saturated rings. The van der Waals surface area contributed by atoms with Gasteiger partial charge in [-0.15, -0.1) is 0 Å². The molecule has 1 atom stereocenters. The molecule has 0 aliphatic carbocycles. The summed E-state index contributed by atoms with van der Waals surface area (Å²) in [5.74, 6) is -0.0831.